The Morgan fingerprint density at radius 3 is 2.25 bits per heavy atom. The van der Waals surface area contributed by atoms with Crippen LogP contribution < -0.4 is 25.2 Å². The zero-order valence-corrected chi connectivity index (χ0v) is 22.9. The lowest BCUT2D eigenvalue weighted by Gasteiger charge is -2.22. The van der Waals surface area contributed by atoms with Gasteiger partial charge in [0.1, 0.15) is 12.4 Å². The molecule has 40 heavy (non-hydrogen) atoms. The van der Waals surface area contributed by atoms with E-state index in [9.17, 15) is 8.42 Å². The Bertz CT molecular complexity index is 1540. The Morgan fingerprint density at radius 1 is 0.925 bits per heavy atom. The highest BCUT2D eigenvalue weighted by molar-refractivity contribution is 7.92. The molecule has 0 heterocycles. The number of amidine groups is 1. The molecule has 5 N–H and O–H groups in total. The van der Waals surface area contributed by atoms with Gasteiger partial charge < -0.3 is 20.5 Å². The number of nitrogens with one attached hydrogen (secondary N) is 3. The van der Waals surface area contributed by atoms with Crippen molar-refractivity contribution in [1.29, 1.82) is 5.41 Å². The molecule has 1 unspecified atom stereocenters. The summed E-state index contributed by atoms with van der Waals surface area (Å²) in [7, 11) is -2.16. The molecule has 0 aliphatic heterocycles. The van der Waals surface area contributed by atoms with Crippen LogP contribution in [0.2, 0.25) is 0 Å². The lowest BCUT2D eigenvalue weighted by atomic mass is 10.1. The first kappa shape index (κ1) is 28.4. The van der Waals surface area contributed by atoms with E-state index in [4.69, 9.17) is 20.6 Å². The van der Waals surface area contributed by atoms with E-state index in [1.54, 1.807) is 37.5 Å². The zero-order chi connectivity index (χ0) is 28.4. The highest BCUT2D eigenvalue weighted by atomic mass is 32.2. The predicted octanol–water partition coefficient (Wildman–Crippen LogP) is 5.30. The number of sulfonamides is 1. The smallest absolute Gasteiger partial charge is 0.233 e. The highest BCUT2D eigenvalue weighted by Crippen LogP contribution is 2.32. The van der Waals surface area contributed by atoms with E-state index < -0.39 is 16.1 Å². The molecule has 8 nitrogen and oxygen atoms in total. The maximum Gasteiger partial charge on any atom is 0.233 e. The van der Waals surface area contributed by atoms with Crippen LogP contribution in [0.15, 0.2) is 109 Å². The van der Waals surface area contributed by atoms with Crippen molar-refractivity contribution >= 4 is 27.6 Å². The minimum atomic E-state index is -3.73. The van der Waals surface area contributed by atoms with Gasteiger partial charge in [-0.25, -0.2) is 13.1 Å². The minimum absolute atomic E-state index is 0.0307. The second kappa shape index (κ2) is 13.5. The molecule has 4 aromatic carbocycles. The minimum Gasteiger partial charge on any atom is -0.493 e. The van der Waals surface area contributed by atoms with E-state index >= 15 is 0 Å². The third kappa shape index (κ3) is 8.20. The average molecular weight is 557 g/mol. The van der Waals surface area contributed by atoms with Crippen LogP contribution in [-0.4, -0.2) is 27.9 Å². The lowest BCUT2D eigenvalue weighted by molar-refractivity contribution is 0.284. The number of anilines is 1. The van der Waals surface area contributed by atoms with Crippen LogP contribution in [0.4, 0.5) is 5.69 Å². The molecule has 0 amide bonds. The Kier molecular flexibility index (Phi) is 9.56. The number of benzene rings is 4. The van der Waals surface area contributed by atoms with Gasteiger partial charge in [-0.2, -0.15) is 0 Å². The van der Waals surface area contributed by atoms with Gasteiger partial charge in [-0.1, -0.05) is 66.7 Å². The lowest BCUT2D eigenvalue weighted by Crippen LogP contribution is -2.30. The van der Waals surface area contributed by atoms with Crippen LogP contribution in [0.5, 0.6) is 11.5 Å². The molecule has 4 rings (SSSR count). The second-order valence-electron chi connectivity index (χ2n) is 8.98. The Labute approximate surface area is 235 Å². The molecule has 0 aliphatic rings. The fraction of sp³-hybridized carbons (Fsp3) is 0.129. The summed E-state index contributed by atoms with van der Waals surface area (Å²) in [6.45, 7) is 0.442. The quantitative estimate of drug-likeness (QED) is 0.131. The van der Waals surface area contributed by atoms with Gasteiger partial charge in [0.15, 0.2) is 11.5 Å². The SMILES string of the molecule is COc1cc(C(CNS(=O)(=O)C=Cc2ccccc2)Nc2ccc(C(=N)N)cc2)ccc1OCc1ccccc1. The zero-order valence-electron chi connectivity index (χ0n) is 22.1. The van der Waals surface area contributed by atoms with Crippen LogP contribution in [-0.2, 0) is 16.6 Å². The fourth-order valence-electron chi connectivity index (χ4n) is 3.93. The van der Waals surface area contributed by atoms with Crippen LogP contribution in [0.25, 0.3) is 6.08 Å². The van der Waals surface area contributed by atoms with Gasteiger partial charge in [0.2, 0.25) is 10.0 Å². The first-order chi connectivity index (χ1) is 19.3. The van der Waals surface area contributed by atoms with Gasteiger partial charge >= 0.3 is 0 Å². The molecule has 0 spiro atoms. The molecule has 1 atom stereocenters. The Balaban J connectivity index is 1.55. The summed E-state index contributed by atoms with van der Waals surface area (Å²) in [5, 5.41) is 12.2. The molecule has 0 bridgehead atoms. The summed E-state index contributed by atoms with van der Waals surface area (Å²) in [6, 6.07) is 31.1. The van der Waals surface area contributed by atoms with Crippen molar-refractivity contribution in [3.05, 3.63) is 131 Å². The standard InChI is InChI=1S/C31H32N4O4S/c1-38-30-20-26(14-17-29(30)39-22-24-10-6-3-7-11-24)28(35-27-15-12-25(13-16-27)31(32)33)21-34-40(36,37)19-18-23-8-4-2-5-9-23/h2-20,28,34-35H,21-22H2,1H3,(H3,32,33). The van der Waals surface area contributed by atoms with E-state index in [2.05, 4.69) is 10.0 Å². The van der Waals surface area contributed by atoms with E-state index in [1.165, 1.54) is 0 Å². The Hall–Kier alpha value is -4.60. The van der Waals surface area contributed by atoms with Crippen molar-refractivity contribution in [2.75, 3.05) is 19.0 Å². The van der Waals surface area contributed by atoms with Crippen LogP contribution in [0, 0.1) is 5.41 Å². The summed E-state index contributed by atoms with van der Waals surface area (Å²) in [6.07, 6.45) is 1.55. The maximum absolute atomic E-state index is 12.8. The van der Waals surface area contributed by atoms with Crippen LogP contribution in [0.3, 0.4) is 0 Å². The fourth-order valence-corrected chi connectivity index (χ4v) is 4.77. The summed E-state index contributed by atoms with van der Waals surface area (Å²) in [5.41, 5.74) is 9.51. The molecular formula is C31H32N4O4S. The molecule has 0 radical (unpaired) electrons. The van der Waals surface area contributed by atoms with Crippen molar-refractivity contribution in [1.82, 2.24) is 4.72 Å². The first-order valence-electron chi connectivity index (χ1n) is 12.6. The van der Waals surface area contributed by atoms with Gasteiger partial charge in [-0.3, -0.25) is 5.41 Å². The van der Waals surface area contributed by atoms with Gasteiger partial charge in [0.05, 0.1) is 13.2 Å². The molecule has 0 saturated carbocycles. The Morgan fingerprint density at radius 2 is 1.60 bits per heavy atom. The number of hydrogen-bond donors (Lipinski definition) is 4. The number of ether oxygens (including phenoxy) is 2. The molecule has 0 fully saturated rings. The van der Waals surface area contributed by atoms with Crippen molar-refractivity contribution in [2.45, 2.75) is 12.6 Å². The number of rotatable bonds is 13. The van der Waals surface area contributed by atoms with Gasteiger partial charge in [-0.15, -0.1) is 0 Å². The number of nitrogen functional groups attached to an aromatic ring is 1. The number of hydrogen-bond acceptors (Lipinski definition) is 6. The van der Waals surface area contributed by atoms with Crippen LogP contribution in [0.1, 0.15) is 28.3 Å². The second-order valence-corrected chi connectivity index (χ2v) is 10.6. The highest BCUT2D eigenvalue weighted by Gasteiger charge is 2.18. The summed E-state index contributed by atoms with van der Waals surface area (Å²) >= 11 is 0. The van der Waals surface area contributed by atoms with Gasteiger partial charge in [0, 0.05) is 23.2 Å². The molecule has 0 aromatic heterocycles. The molecule has 9 heteroatoms. The third-order valence-corrected chi connectivity index (χ3v) is 7.16. The largest absolute Gasteiger partial charge is 0.493 e. The monoisotopic (exact) mass is 556 g/mol. The van der Waals surface area contributed by atoms with Gasteiger partial charge in [-0.05, 0) is 59.2 Å². The normalized spacial score (nSPS) is 12.1. The van der Waals surface area contributed by atoms with E-state index in [1.807, 2.05) is 78.9 Å². The van der Waals surface area contributed by atoms with Crippen molar-refractivity contribution in [2.24, 2.45) is 5.73 Å². The van der Waals surface area contributed by atoms with Crippen LogP contribution >= 0.6 is 0 Å². The predicted molar refractivity (Wildman–Crippen MR) is 160 cm³/mol. The van der Waals surface area contributed by atoms with Crippen molar-refractivity contribution < 1.29 is 17.9 Å². The topological polar surface area (TPSA) is 127 Å². The summed E-state index contributed by atoms with van der Waals surface area (Å²) < 4.78 is 39.9. The van der Waals surface area contributed by atoms with E-state index in [0.717, 1.165) is 27.8 Å². The molecular weight excluding hydrogens is 524 g/mol. The first-order valence-corrected chi connectivity index (χ1v) is 14.2. The molecule has 0 saturated heterocycles. The van der Waals surface area contributed by atoms with E-state index in [-0.39, 0.29) is 12.4 Å². The summed E-state index contributed by atoms with van der Waals surface area (Å²) in [5.74, 6) is 1.07. The van der Waals surface area contributed by atoms with Crippen molar-refractivity contribution in [3.8, 4) is 11.5 Å². The van der Waals surface area contributed by atoms with E-state index in [0.29, 0.717) is 23.7 Å². The molecule has 206 valence electrons. The average Bonchev–Trinajstić information content (AvgIpc) is 2.98. The third-order valence-electron chi connectivity index (χ3n) is 6.09. The summed E-state index contributed by atoms with van der Waals surface area (Å²) in [4.78, 5) is 0. The maximum atomic E-state index is 12.8. The van der Waals surface area contributed by atoms with Crippen molar-refractivity contribution in [3.63, 3.8) is 0 Å². The number of methoxy groups -OCH3 is 1. The van der Waals surface area contributed by atoms with Gasteiger partial charge in [0.25, 0.3) is 0 Å². The number of nitrogens with two attached hydrogens (primary N) is 1. The molecule has 0 aliphatic carbocycles. The molecule has 4 aromatic rings.